The zero-order chi connectivity index (χ0) is 13.8. The SMILES string of the molecule is CCOC(CC)(CC)c1nc(CC)c(C)c(=O)[nH]1. The molecule has 0 aromatic carbocycles. The molecule has 0 spiro atoms. The monoisotopic (exact) mass is 252 g/mol. The normalized spacial score (nSPS) is 11.8. The molecule has 0 amide bonds. The topological polar surface area (TPSA) is 55.0 Å². The van der Waals surface area contributed by atoms with Crippen LogP contribution in [0.25, 0.3) is 0 Å². The van der Waals surface area contributed by atoms with E-state index in [1.807, 2.05) is 20.8 Å². The van der Waals surface area contributed by atoms with Crippen LogP contribution in [0, 0.1) is 6.92 Å². The van der Waals surface area contributed by atoms with Crippen LogP contribution >= 0.6 is 0 Å². The van der Waals surface area contributed by atoms with Crippen molar-refractivity contribution in [3.8, 4) is 0 Å². The van der Waals surface area contributed by atoms with Gasteiger partial charge in [0.15, 0.2) is 0 Å². The fourth-order valence-electron chi connectivity index (χ4n) is 2.27. The van der Waals surface area contributed by atoms with Crippen LogP contribution in [0.1, 0.15) is 57.6 Å². The smallest absolute Gasteiger partial charge is 0.254 e. The zero-order valence-electron chi connectivity index (χ0n) is 12.1. The van der Waals surface area contributed by atoms with Gasteiger partial charge in [0, 0.05) is 12.2 Å². The first kappa shape index (κ1) is 14.9. The van der Waals surface area contributed by atoms with E-state index in [9.17, 15) is 4.79 Å². The Morgan fingerprint density at radius 3 is 2.28 bits per heavy atom. The lowest BCUT2D eigenvalue weighted by molar-refractivity contribution is -0.0574. The van der Waals surface area contributed by atoms with E-state index in [1.54, 1.807) is 0 Å². The first-order valence-corrected chi connectivity index (χ1v) is 6.78. The van der Waals surface area contributed by atoms with Crippen molar-refractivity contribution in [3.63, 3.8) is 0 Å². The maximum atomic E-state index is 12.0. The van der Waals surface area contributed by atoms with Gasteiger partial charge in [-0.15, -0.1) is 0 Å². The Balaban J connectivity index is 3.37. The molecule has 18 heavy (non-hydrogen) atoms. The van der Waals surface area contributed by atoms with Crippen LogP contribution in [0.3, 0.4) is 0 Å². The molecule has 0 atom stereocenters. The molecule has 0 aliphatic rings. The minimum atomic E-state index is -0.467. The van der Waals surface area contributed by atoms with Gasteiger partial charge >= 0.3 is 0 Å². The van der Waals surface area contributed by atoms with Crippen LogP contribution in [0.5, 0.6) is 0 Å². The van der Waals surface area contributed by atoms with Gasteiger partial charge in [-0.2, -0.15) is 0 Å². The summed E-state index contributed by atoms with van der Waals surface area (Å²) in [6, 6.07) is 0. The second-order valence-corrected chi connectivity index (χ2v) is 4.47. The van der Waals surface area contributed by atoms with E-state index in [1.165, 1.54) is 0 Å². The zero-order valence-corrected chi connectivity index (χ0v) is 12.1. The number of aromatic amines is 1. The molecule has 102 valence electrons. The van der Waals surface area contributed by atoms with Gasteiger partial charge < -0.3 is 9.72 Å². The Morgan fingerprint density at radius 1 is 1.22 bits per heavy atom. The Kier molecular flexibility index (Phi) is 5.08. The molecule has 0 unspecified atom stereocenters. The largest absolute Gasteiger partial charge is 0.367 e. The highest BCUT2D eigenvalue weighted by molar-refractivity contribution is 5.18. The van der Waals surface area contributed by atoms with E-state index in [0.29, 0.717) is 18.0 Å². The van der Waals surface area contributed by atoms with Gasteiger partial charge in [0.25, 0.3) is 5.56 Å². The van der Waals surface area contributed by atoms with Crippen LogP contribution in [0.15, 0.2) is 4.79 Å². The summed E-state index contributed by atoms with van der Waals surface area (Å²) in [5.74, 6) is 0.668. The molecule has 1 heterocycles. The average Bonchev–Trinajstić information content (AvgIpc) is 2.39. The summed E-state index contributed by atoms with van der Waals surface area (Å²) in [6.45, 7) is 10.5. The number of nitrogens with zero attached hydrogens (tertiary/aromatic N) is 1. The first-order chi connectivity index (χ1) is 8.54. The van der Waals surface area contributed by atoms with Crippen LogP contribution in [-0.2, 0) is 16.8 Å². The molecule has 0 radical (unpaired) electrons. The van der Waals surface area contributed by atoms with E-state index in [4.69, 9.17) is 4.74 Å². The highest BCUT2D eigenvalue weighted by Gasteiger charge is 2.32. The van der Waals surface area contributed by atoms with Crippen LogP contribution in [0.2, 0.25) is 0 Å². The maximum absolute atomic E-state index is 12.0. The standard InChI is InChI=1S/C14H24N2O2/c1-6-11-10(5)12(17)16-13(15-11)14(7-2,8-3)18-9-4/h6-9H2,1-5H3,(H,15,16,17). The molecule has 0 saturated heterocycles. The lowest BCUT2D eigenvalue weighted by atomic mass is 9.95. The van der Waals surface area contributed by atoms with Gasteiger partial charge in [-0.05, 0) is 33.1 Å². The molecule has 1 aromatic heterocycles. The van der Waals surface area contributed by atoms with E-state index in [2.05, 4.69) is 23.8 Å². The number of hydrogen-bond donors (Lipinski definition) is 1. The highest BCUT2D eigenvalue weighted by atomic mass is 16.5. The van der Waals surface area contributed by atoms with Crippen LogP contribution in [-0.4, -0.2) is 16.6 Å². The molecule has 1 aromatic rings. The third kappa shape index (κ3) is 2.64. The molecule has 4 nitrogen and oxygen atoms in total. The molecular formula is C14H24N2O2. The summed E-state index contributed by atoms with van der Waals surface area (Å²) in [6.07, 6.45) is 2.36. The fraction of sp³-hybridized carbons (Fsp3) is 0.714. The van der Waals surface area contributed by atoms with Crippen LogP contribution < -0.4 is 5.56 Å². The fourth-order valence-corrected chi connectivity index (χ4v) is 2.27. The lowest BCUT2D eigenvalue weighted by Crippen LogP contribution is -2.34. The number of ether oxygens (including phenoxy) is 1. The predicted octanol–water partition coefficient (Wildman–Crippen LogP) is 2.69. The van der Waals surface area contributed by atoms with Crippen molar-refractivity contribution >= 4 is 0 Å². The summed E-state index contributed by atoms with van der Waals surface area (Å²) in [7, 11) is 0. The quantitative estimate of drug-likeness (QED) is 0.847. The molecule has 0 aliphatic carbocycles. The summed E-state index contributed by atoms with van der Waals surface area (Å²) < 4.78 is 5.88. The average molecular weight is 252 g/mol. The molecular weight excluding hydrogens is 228 g/mol. The summed E-state index contributed by atoms with van der Waals surface area (Å²) >= 11 is 0. The van der Waals surface area contributed by atoms with Gasteiger partial charge in [0.05, 0.1) is 5.69 Å². The van der Waals surface area contributed by atoms with E-state index >= 15 is 0 Å². The molecule has 0 fully saturated rings. The van der Waals surface area contributed by atoms with Crippen molar-refractivity contribution < 1.29 is 4.74 Å². The number of nitrogens with one attached hydrogen (secondary N) is 1. The summed E-state index contributed by atoms with van der Waals surface area (Å²) in [4.78, 5) is 19.4. The Bertz CT molecular complexity index is 448. The molecule has 0 saturated carbocycles. The minimum Gasteiger partial charge on any atom is -0.367 e. The first-order valence-electron chi connectivity index (χ1n) is 6.78. The van der Waals surface area contributed by atoms with Crippen molar-refractivity contribution in [2.75, 3.05) is 6.61 Å². The minimum absolute atomic E-state index is 0.0529. The second-order valence-electron chi connectivity index (χ2n) is 4.47. The van der Waals surface area contributed by atoms with E-state index < -0.39 is 5.60 Å². The lowest BCUT2D eigenvalue weighted by Gasteiger charge is -2.30. The van der Waals surface area contributed by atoms with Gasteiger partial charge in [-0.25, -0.2) is 4.98 Å². The third-order valence-electron chi connectivity index (χ3n) is 3.58. The summed E-state index contributed by atoms with van der Waals surface area (Å²) in [5.41, 5.74) is 1.05. The van der Waals surface area contributed by atoms with Crippen molar-refractivity contribution in [2.24, 2.45) is 0 Å². The van der Waals surface area contributed by atoms with Crippen molar-refractivity contribution in [1.29, 1.82) is 0 Å². The Labute approximate surface area is 109 Å². The van der Waals surface area contributed by atoms with Gasteiger partial charge in [0.1, 0.15) is 11.4 Å². The number of aryl methyl sites for hydroxylation is 1. The number of rotatable bonds is 6. The van der Waals surface area contributed by atoms with Crippen molar-refractivity contribution in [3.05, 3.63) is 27.4 Å². The van der Waals surface area contributed by atoms with Crippen molar-refractivity contribution in [1.82, 2.24) is 9.97 Å². The Morgan fingerprint density at radius 2 is 1.83 bits per heavy atom. The van der Waals surface area contributed by atoms with E-state index in [-0.39, 0.29) is 5.56 Å². The second kappa shape index (κ2) is 6.14. The van der Waals surface area contributed by atoms with Gasteiger partial charge in [-0.1, -0.05) is 20.8 Å². The number of aromatic nitrogens is 2. The summed E-state index contributed by atoms with van der Waals surface area (Å²) in [5, 5.41) is 0. The van der Waals surface area contributed by atoms with Crippen LogP contribution in [0.4, 0.5) is 0 Å². The highest BCUT2D eigenvalue weighted by Crippen LogP contribution is 2.30. The number of H-pyrrole nitrogens is 1. The molecule has 1 N–H and O–H groups in total. The van der Waals surface area contributed by atoms with E-state index in [0.717, 1.165) is 25.0 Å². The molecule has 4 heteroatoms. The van der Waals surface area contributed by atoms with Gasteiger partial charge in [-0.3, -0.25) is 4.79 Å². The maximum Gasteiger partial charge on any atom is 0.254 e. The molecule has 0 bridgehead atoms. The Hall–Kier alpha value is -1.16. The third-order valence-corrected chi connectivity index (χ3v) is 3.58. The van der Waals surface area contributed by atoms with Crippen molar-refractivity contribution in [2.45, 2.75) is 59.5 Å². The van der Waals surface area contributed by atoms with Gasteiger partial charge in [0.2, 0.25) is 0 Å². The molecule has 1 rings (SSSR count). The molecule has 0 aliphatic heterocycles. The predicted molar refractivity (Wildman–Crippen MR) is 72.9 cm³/mol. The number of hydrogen-bond acceptors (Lipinski definition) is 3.